The van der Waals surface area contributed by atoms with Gasteiger partial charge in [0.2, 0.25) is 5.95 Å². The predicted molar refractivity (Wildman–Crippen MR) is 241 cm³/mol. The monoisotopic (exact) mass is 774 g/mol. The zero-order chi connectivity index (χ0) is 39.2. The lowest BCUT2D eigenvalue weighted by Gasteiger charge is -2.19. The fourth-order valence-electron chi connectivity index (χ4n) is 9.02. The van der Waals surface area contributed by atoms with Crippen LogP contribution in [0.15, 0.2) is 174 Å². The molecule has 0 radical (unpaired) electrons. The highest BCUT2D eigenvalue weighted by molar-refractivity contribution is 7.03. The third kappa shape index (κ3) is 5.09. The Kier molecular flexibility index (Phi) is 7.24. The lowest BCUT2D eigenvalue weighted by molar-refractivity contribution is 0.670. The molecule has 8 heteroatoms. The quantitative estimate of drug-likeness (QED) is 0.162. The fraction of sp³-hybridized carbons (Fsp3) is 0.0392. The van der Waals surface area contributed by atoms with Crippen LogP contribution in [-0.4, -0.2) is 37.6 Å². The second-order valence-corrected chi connectivity index (χ2v) is 19.9. The van der Waals surface area contributed by atoms with Crippen LogP contribution in [0.25, 0.3) is 106 Å². The van der Waals surface area contributed by atoms with Crippen molar-refractivity contribution in [1.29, 1.82) is 0 Å². The first-order valence-corrected chi connectivity index (χ1v) is 22.9. The van der Waals surface area contributed by atoms with Gasteiger partial charge in [0.25, 0.3) is 0 Å². The van der Waals surface area contributed by atoms with Gasteiger partial charge in [-0.2, -0.15) is 9.97 Å². The van der Waals surface area contributed by atoms with Crippen molar-refractivity contribution in [2.45, 2.75) is 13.1 Å². The molecular formula is C51H34N6OSi. The molecule has 0 atom stereocenters. The van der Waals surface area contributed by atoms with Crippen molar-refractivity contribution in [3.63, 3.8) is 0 Å². The molecule has 4 aromatic heterocycles. The van der Waals surface area contributed by atoms with Crippen LogP contribution < -0.4 is 10.5 Å². The Balaban J connectivity index is 1.10. The average Bonchev–Trinajstić information content (AvgIpc) is 3.92. The third-order valence-electron chi connectivity index (χ3n) is 11.8. The number of fused-ring (bicyclic) bond motifs is 9. The fourth-order valence-corrected chi connectivity index (χ4v) is 11.9. The maximum Gasteiger partial charge on any atom is 0.238 e. The maximum absolute atomic E-state index is 6.64. The zero-order valence-electron chi connectivity index (χ0n) is 32.3. The van der Waals surface area contributed by atoms with Crippen LogP contribution in [0.4, 0.5) is 0 Å². The second-order valence-electron chi connectivity index (χ2n) is 15.7. The lowest BCUT2D eigenvalue weighted by atomic mass is 9.98. The van der Waals surface area contributed by atoms with Crippen LogP contribution in [0.2, 0.25) is 13.1 Å². The van der Waals surface area contributed by atoms with Gasteiger partial charge < -0.3 is 4.42 Å². The molecular weight excluding hydrogens is 741 g/mol. The lowest BCUT2D eigenvalue weighted by Crippen LogP contribution is -2.50. The molecule has 0 bridgehead atoms. The molecule has 0 N–H and O–H groups in total. The molecule has 12 rings (SSSR count). The van der Waals surface area contributed by atoms with E-state index >= 15 is 0 Å². The van der Waals surface area contributed by atoms with E-state index in [1.165, 1.54) is 10.8 Å². The average molecular weight is 775 g/mol. The molecule has 0 saturated carbocycles. The summed E-state index contributed by atoms with van der Waals surface area (Å²) in [6, 6.07) is 58.6. The molecule has 1 aliphatic heterocycles. The Morgan fingerprint density at radius 3 is 1.85 bits per heavy atom. The maximum atomic E-state index is 6.64. The molecule has 1 aliphatic rings. The first-order chi connectivity index (χ1) is 29.0. The summed E-state index contributed by atoms with van der Waals surface area (Å²) < 4.78 is 8.79. The number of rotatable bonds is 5. The van der Waals surface area contributed by atoms with E-state index in [1.54, 1.807) is 0 Å². The molecule has 7 nitrogen and oxygen atoms in total. The molecule has 0 spiro atoms. The molecule has 11 aromatic rings. The minimum absolute atomic E-state index is 0.553. The molecule has 7 aromatic carbocycles. The molecule has 0 aliphatic carbocycles. The van der Waals surface area contributed by atoms with Crippen molar-refractivity contribution in [1.82, 2.24) is 29.5 Å². The van der Waals surface area contributed by atoms with Gasteiger partial charge in [-0.05, 0) is 47.1 Å². The van der Waals surface area contributed by atoms with E-state index in [1.807, 2.05) is 72.8 Å². The van der Waals surface area contributed by atoms with E-state index in [0.717, 1.165) is 82.6 Å². The predicted octanol–water partition coefficient (Wildman–Crippen LogP) is 11.1. The van der Waals surface area contributed by atoms with Gasteiger partial charge in [0.15, 0.2) is 17.5 Å². The van der Waals surface area contributed by atoms with Gasteiger partial charge in [0, 0.05) is 54.7 Å². The van der Waals surface area contributed by atoms with Crippen molar-refractivity contribution in [3.05, 3.63) is 170 Å². The SMILES string of the molecule is C[Si]1(C)c2ccccc2-c2c(-c3cccc4c3oc3ccccc34)nc(-c3ccc4c(c3)c3ccccc3n4-c3nc(-c4ccccc4)nc(-c4ccccc4)n3)nc21. The normalized spacial score (nSPS) is 13.1. The van der Waals surface area contributed by atoms with E-state index in [-0.39, 0.29) is 0 Å². The topological polar surface area (TPSA) is 82.5 Å². The Hall–Kier alpha value is -7.55. The van der Waals surface area contributed by atoms with Gasteiger partial charge >= 0.3 is 0 Å². The van der Waals surface area contributed by atoms with Crippen LogP contribution in [-0.2, 0) is 0 Å². The van der Waals surface area contributed by atoms with Crippen molar-refractivity contribution in [2.75, 3.05) is 0 Å². The summed E-state index contributed by atoms with van der Waals surface area (Å²) in [6.45, 7) is 4.80. The van der Waals surface area contributed by atoms with E-state index < -0.39 is 8.07 Å². The highest BCUT2D eigenvalue weighted by Crippen LogP contribution is 2.42. The number of benzene rings is 7. The Bertz CT molecular complexity index is 3430. The highest BCUT2D eigenvalue weighted by Gasteiger charge is 2.42. The van der Waals surface area contributed by atoms with Gasteiger partial charge in [0.1, 0.15) is 19.2 Å². The minimum Gasteiger partial charge on any atom is -0.455 e. The second kappa shape index (κ2) is 12.7. The molecule has 0 fully saturated rings. The van der Waals surface area contributed by atoms with Crippen LogP contribution in [0.3, 0.4) is 0 Å². The zero-order valence-corrected chi connectivity index (χ0v) is 33.3. The summed E-state index contributed by atoms with van der Waals surface area (Å²) in [4.78, 5) is 26.3. The smallest absolute Gasteiger partial charge is 0.238 e. The van der Waals surface area contributed by atoms with E-state index in [2.05, 4.69) is 115 Å². The van der Waals surface area contributed by atoms with Crippen LogP contribution >= 0.6 is 0 Å². The molecule has 0 unspecified atom stereocenters. The summed E-state index contributed by atoms with van der Waals surface area (Å²) in [6.07, 6.45) is 0. The highest BCUT2D eigenvalue weighted by atomic mass is 28.3. The summed E-state index contributed by atoms with van der Waals surface area (Å²) in [5.41, 5.74) is 10.7. The van der Waals surface area contributed by atoms with Crippen molar-refractivity contribution in [3.8, 4) is 62.5 Å². The van der Waals surface area contributed by atoms with Crippen LogP contribution in [0.1, 0.15) is 0 Å². The molecule has 278 valence electrons. The number of furan rings is 1. The first-order valence-electron chi connectivity index (χ1n) is 19.9. The van der Waals surface area contributed by atoms with E-state index in [4.69, 9.17) is 29.3 Å². The summed E-state index contributed by atoms with van der Waals surface area (Å²) in [7, 11) is -2.22. The van der Waals surface area contributed by atoms with E-state index in [9.17, 15) is 0 Å². The summed E-state index contributed by atoms with van der Waals surface area (Å²) in [5.74, 6) is 2.47. The van der Waals surface area contributed by atoms with Crippen LogP contribution in [0.5, 0.6) is 0 Å². The number of para-hydroxylation sites is 3. The molecule has 59 heavy (non-hydrogen) atoms. The van der Waals surface area contributed by atoms with Gasteiger partial charge in [-0.15, -0.1) is 0 Å². The van der Waals surface area contributed by atoms with E-state index in [0.29, 0.717) is 23.4 Å². The molecule has 5 heterocycles. The minimum atomic E-state index is -2.22. The largest absolute Gasteiger partial charge is 0.455 e. The Labute approximate surface area is 340 Å². The van der Waals surface area contributed by atoms with Gasteiger partial charge in [-0.1, -0.05) is 147 Å². The first kappa shape index (κ1) is 33.6. The van der Waals surface area contributed by atoms with Gasteiger partial charge in [-0.25, -0.2) is 15.0 Å². The number of nitrogens with zero attached hydrogens (tertiary/aromatic N) is 6. The van der Waals surface area contributed by atoms with Crippen molar-refractivity contribution >= 4 is 62.3 Å². The number of hydrogen-bond donors (Lipinski definition) is 0. The standard InChI is InChI=1S/C51H34N6OSi/c1-59(2)43-27-14-11-22-37(43)44-45(38-24-15-23-36-35-21-10-13-26-42(35)58-46(36)38)52-49(54-50(44)59)33-28-29-41-39(30-33)34-20-9-12-25-40(34)57(41)51-55-47(31-16-5-3-6-17-31)53-48(56-51)32-18-7-4-8-19-32/h3-30H,1-2H3. The third-order valence-corrected chi connectivity index (χ3v) is 15.2. The number of hydrogen-bond acceptors (Lipinski definition) is 6. The molecule has 0 saturated heterocycles. The number of aromatic nitrogens is 6. The Morgan fingerprint density at radius 1 is 0.458 bits per heavy atom. The van der Waals surface area contributed by atoms with Crippen molar-refractivity contribution in [2.24, 2.45) is 0 Å². The van der Waals surface area contributed by atoms with Crippen molar-refractivity contribution < 1.29 is 4.42 Å². The Morgan fingerprint density at radius 2 is 1.07 bits per heavy atom. The van der Waals surface area contributed by atoms with Crippen LogP contribution in [0, 0.1) is 0 Å². The summed E-state index contributed by atoms with van der Waals surface area (Å²) >= 11 is 0. The van der Waals surface area contributed by atoms with Gasteiger partial charge in [-0.3, -0.25) is 4.57 Å². The summed E-state index contributed by atoms with van der Waals surface area (Å²) in [5, 5.41) is 6.83. The molecule has 0 amide bonds. The van der Waals surface area contributed by atoms with Gasteiger partial charge in [0.05, 0.1) is 16.7 Å².